The number of halogens is 2. The zero-order valence-corrected chi connectivity index (χ0v) is 39.8. The molecular formula is C47H59Cl2HfSi. The number of aryl methyl sites for hydroxylation is 1. The van der Waals surface area contributed by atoms with E-state index in [4.69, 9.17) is 17.2 Å². The molecule has 0 fully saturated rings. The third-order valence-corrected chi connectivity index (χ3v) is 85.5. The zero-order chi connectivity index (χ0) is 37.7. The van der Waals surface area contributed by atoms with Gasteiger partial charge in [-0.25, -0.2) is 0 Å². The summed E-state index contributed by atoms with van der Waals surface area (Å²) in [6.07, 6.45) is 4.89. The third-order valence-electron chi connectivity index (χ3n) is 12.1. The topological polar surface area (TPSA) is 0 Å². The van der Waals surface area contributed by atoms with Crippen molar-refractivity contribution in [3.8, 4) is 22.3 Å². The molecule has 2 unspecified atom stereocenters. The molecule has 2 atom stereocenters. The van der Waals surface area contributed by atoms with Gasteiger partial charge in [0.2, 0.25) is 0 Å². The van der Waals surface area contributed by atoms with Gasteiger partial charge >= 0.3 is 321 Å². The number of allylic oxidation sites excluding steroid dienone is 2. The molecule has 0 saturated carbocycles. The average Bonchev–Trinajstić information content (AvgIpc) is 3.57. The van der Waals surface area contributed by atoms with Crippen LogP contribution in [-0.2, 0) is 31.5 Å². The summed E-state index contributed by atoms with van der Waals surface area (Å²) in [5.74, 6) is -1.64. The Morgan fingerprint density at radius 1 is 0.549 bits per heavy atom. The Balaban J connectivity index is 1.54. The van der Waals surface area contributed by atoms with Gasteiger partial charge in [-0.2, -0.15) is 0 Å². The van der Waals surface area contributed by atoms with Crippen molar-refractivity contribution in [3.63, 3.8) is 0 Å². The molecule has 0 amide bonds. The van der Waals surface area contributed by atoms with Crippen molar-refractivity contribution in [2.24, 2.45) is 0 Å². The van der Waals surface area contributed by atoms with Crippen molar-refractivity contribution in [2.45, 2.75) is 120 Å². The molecule has 4 heteroatoms. The molecule has 0 nitrogen and oxygen atoms in total. The van der Waals surface area contributed by atoms with Crippen LogP contribution in [-0.4, -0.2) is 5.98 Å². The Morgan fingerprint density at radius 3 is 1.59 bits per heavy atom. The van der Waals surface area contributed by atoms with Gasteiger partial charge in [0, 0.05) is 0 Å². The van der Waals surface area contributed by atoms with Crippen molar-refractivity contribution in [1.29, 1.82) is 0 Å². The average molecular weight is 901 g/mol. The first-order chi connectivity index (χ1) is 23.4. The van der Waals surface area contributed by atoms with Crippen LogP contribution in [0.4, 0.5) is 0 Å². The van der Waals surface area contributed by atoms with Gasteiger partial charge in [-0.3, -0.25) is 0 Å². The summed E-state index contributed by atoms with van der Waals surface area (Å²) < 4.78 is 0.161. The zero-order valence-electron chi connectivity index (χ0n) is 33.6. The van der Waals surface area contributed by atoms with E-state index in [1.807, 2.05) is 0 Å². The number of benzene rings is 4. The van der Waals surface area contributed by atoms with E-state index in [2.05, 4.69) is 181 Å². The third kappa shape index (κ3) is 6.51. The molecule has 0 bridgehead atoms. The van der Waals surface area contributed by atoms with Crippen molar-refractivity contribution in [1.82, 2.24) is 0 Å². The quantitative estimate of drug-likeness (QED) is 0.175. The first-order valence-corrected chi connectivity index (χ1v) is 41.1. The van der Waals surface area contributed by atoms with E-state index in [1.54, 1.807) is 0 Å². The predicted molar refractivity (Wildman–Crippen MR) is 228 cm³/mol. The number of rotatable bonds is 5. The van der Waals surface area contributed by atoms with E-state index in [0.717, 1.165) is 0 Å². The summed E-state index contributed by atoms with van der Waals surface area (Å²) in [6.45, 7) is 32.5. The minimum absolute atomic E-state index is 0.0387. The SMILES string of the molecule is CC1=Cc2c(-c3ccc(C(C)(C)C)cc3)cccc2[CH]1[Hf]([Cl])([Cl])([CH]1C(C)=Cc2c(-c3cc(C(C)(C)C)cc(C(C)(C)C)c3)ccc(C)c21)[SiH](C)C. The number of hydrogen-bond donors (Lipinski definition) is 0. The van der Waals surface area contributed by atoms with Crippen molar-refractivity contribution < 1.29 is 15.3 Å². The summed E-state index contributed by atoms with van der Waals surface area (Å²) in [5.41, 5.74) is 18.8. The van der Waals surface area contributed by atoms with Gasteiger partial charge in [0.25, 0.3) is 0 Å². The van der Waals surface area contributed by atoms with E-state index < -0.39 is 21.3 Å². The van der Waals surface area contributed by atoms with Gasteiger partial charge in [-0.1, -0.05) is 0 Å². The summed E-state index contributed by atoms with van der Waals surface area (Å²) in [5, 5.41) is 0. The normalized spacial score (nSPS) is 18.6. The first-order valence-electron chi connectivity index (χ1n) is 18.9. The Morgan fingerprint density at radius 2 is 1.06 bits per heavy atom. The van der Waals surface area contributed by atoms with Gasteiger partial charge in [-0.05, 0) is 0 Å². The monoisotopic (exact) mass is 901 g/mol. The second-order valence-corrected chi connectivity index (χ2v) is 78.5. The summed E-state index contributed by atoms with van der Waals surface area (Å²) in [6, 6.07) is 28.0. The van der Waals surface area contributed by atoms with Crippen LogP contribution in [0.1, 0.15) is 128 Å². The molecule has 2 aliphatic rings. The molecule has 0 heterocycles. The molecular weight excluding hydrogens is 842 g/mol. The van der Waals surface area contributed by atoms with Gasteiger partial charge in [0.15, 0.2) is 0 Å². The Kier molecular flexibility index (Phi) is 9.74. The fourth-order valence-electron chi connectivity index (χ4n) is 8.95. The number of fused-ring (bicyclic) bond motifs is 2. The molecule has 51 heavy (non-hydrogen) atoms. The fraction of sp³-hybridized carbons (Fsp3) is 0.404. The molecule has 269 valence electrons. The van der Waals surface area contributed by atoms with Crippen LogP contribution in [0.2, 0.25) is 13.1 Å². The standard InChI is InChI=1S/C25H31.C20H21.C2H7Si.2ClH.Hf/c1-16-11-22-17(2)9-10-21(23(22)12-16)18-13-19(24(3,4)5)15-20(14-18)25(6,7)8;1-14-12-16-6-5-7-18(19(16)13-14)15-8-10-17(11-9-15)20(2,3)4;1-3-2;;;/h9-15H,1-8H3;5-13H,1-4H3;3H,1-2H3;2*1H;/q;;;;;+2/p-2. The van der Waals surface area contributed by atoms with Gasteiger partial charge in [0.1, 0.15) is 0 Å². The van der Waals surface area contributed by atoms with Crippen molar-refractivity contribution in [3.05, 3.63) is 128 Å². The molecule has 6 rings (SSSR count). The first kappa shape index (κ1) is 38.7. The Bertz CT molecular complexity index is 2060. The number of hydrogen-bond acceptors (Lipinski definition) is 0. The molecule has 0 aromatic heterocycles. The maximum atomic E-state index is 8.66. The maximum absolute atomic E-state index is 8.66. The van der Waals surface area contributed by atoms with Crippen LogP contribution in [0.5, 0.6) is 0 Å². The predicted octanol–water partition coefficient (Wildman–Crippen LogP) is 14.8. The van der Waals surface area contributed by atoms with E-state index in [-0.39, 0.29) is 23.6 Å². The molecule has 0 spiro atoms. The summed E-state index contributed by atoms with van der Waals surface area (Å²) in [4.78, 5) is 0. The Labute approximate surface area is 318 Å². The molecule has 0 N–H and O–H groups in total. The second-order valence-electron chi connectivity index (χ2n) is 19.2. The van der Waals surface area contributed by atoms with Crippen LogP contribution in [0.3, 0.4) is 0 Å². The van der Waals surface area contributed by atoms with E-state index in [1.165, 1.54) is 77.9 Å². The molecule has 4 aromatic rings. The van der Waals surface area contributed by atoms with Crippen LogP contribution < -0.4 is 0 Å². The van der Waals surface area contributed by atoms with E-state index in [9.17, 15) is 0 Å². The van der Waals surface area contributed by atoms with Crippen LogP contribution in [0.15, 0.2) is 83.9 Å². The fourth-order valence-corrected chi connectivity index (χ4v) is 55.6. The van der Waals surface area contributed by atoms with Gasteiger partial charge in [-0.15, -0.1) is 0 Å². The van der Waals surface area contributed by atoms with Gasteiger partial charge < -0.3 is 0 Å². The van der Waals surface area contributed by atoms with Crippen LogP contribution in [0.25, 0.3) is 34.4 Å². The van der Waals surface area contributed by atoms with Crippen LogP contribution >= 0.6 is 17.2 Å². The van der Waals surface area contributed by atoms with Crippen molar-refractivity contribution in [2.75, 3.05) is 0 Å². The van der Waals surface area contributed by atoms with Crippen molar-refractivity contribution >= 4 is 35.3 Å². The molecule has 2 aliphatic carbocycles. The molecule has 4 aromatic carbocycles. The van der Waals surface area contributed by atoms with E-state index in [0.29, 0.717) is 0 Å². The second kappa shape index (κ2) is 12.8. The molecule has 0 saturated heterocycles. The molecule has 0 aliphatic heterocycles. The van der Waals surface area contributed by atoms with E-state index >= 15 is 0 Å². The van der Waals surface area contributed by atoms with Crippen LogP contribution in [0, 0.1) is 6.92 Å². The molecule has 0 radical (unpaired) electrons. The Hall–Kier alpha value is -1.97. The minimum atomic E-state index is -4.99. The summed E-state index contributed by atoms with van der Waals surface area (Å²) >= 11 is -4.99. The van der Waals surface area contributed by atoms with Gasteiger partial charge in [0.05, 0.1) is 0 Å². The summed E-state index contributed by atoms with van der Waals surface area (Å²) in [7, 11) is 17.3.